The highest BCUT2D eigenvalue weighted by Gasteiger charge is 2.36. The van der Waals surface area contributed by atoms with E-state index in [-0.39, 0.29) is 32.7 Å². The van der Waals surface area contributed by atoms with E-state index in [1.165, 1.54) is 25.3 Å². The van der Waals surface area contributed by atoms with Gasteiger partial charge in [-0.05, 0) is 30.3 Å². The third-order valence-electron chi connectivity index (χ3n) is 3.60. The van der Waals surface area contributed by atoms with Gasteiger partial charge in [0.15, 0.2) is 18.3 Å². The van der Waals surface area contributed by atoms with Crippen LogP contribution in [0.1, 0.15) is 10.4 Å². The van der Waals surface area contributed by atoms with Gasteiger partial charge in [-0.3, -0.25) is 4.79 Å². The van der Waals surface area contributed by atoms with Gasteiger partial charge in [-0.15, -0.1) is 0 Å². The molecule has 0 spiro atoms. The molecule has 0 atom stereocenters. The standard InChI is InChI=1S/C15H12ClFN2O5S/c1-23-12-3-2-9(16)6-13(12)25(21,22)19-7-24-14-10(17)4-8(15(18)20)5-11(14)19/h2-6H,7H2,1H3,(H2,18,20). The number of nitrogens with two attached hydrogens (primary N) is 1. The molecule has 1 aliphatic rings. The van der Waals surface area contributed by atoms with Crippen molar-refractivity contribution in [3.63, 3.8) is 0 Å². The van der Waals surface area contributed by atoms with Crippen molar-refractivity contribution in [3.8, 4) is 11.5 Å². The van der Waals surface area contributed by atoms with Gasteiger partial charge >= 0.3 is 0 Å². The van der Waals surface area contributed by atoms with Crippen LogP contribution in [0, 0.1) is 5.82 Å². The number of benzene rings is 2. The van der Waals surface area contributed by atoms with Crippen LogP contribution in [0.25, 0.3) is 0 Å². The molecule has 1 heterocycles. The minimum Gasteiger partial charge on any atom is -0.495 e. The maximum absolute atomic E-state index is 14.1. The van der Waals surface area contributed by atoms with Gasteiger partial charge < -0.3 is 15.2 Å². The second kappa shape index (κ2) is 6.08. The molecule has 1 aliphatic heterocycles. The third kappa shape index (κ3) is 2.85. The van der Waals surface area contributed by atoms with E-state index >= 15 is 0 Å². The second-order valence-corrected chi connectivity index (χ2v) is 7.36. The van der Waals surface area contributed by atoms with Crippen LogP contribution >= 0.6 is 11.6 Å². The molecule has 2 aromatic rings. The average molecular weight is 387 g/mol. The number of methoxy groups -OCH3 is 1. The normalized spacial score (nSPS) is 13.3. The van der Waals surface area contributed by atoms with Gasteiger partial charge in [0.2, 0.25) is 5.91 Å². The molecule has 25 heavy (non-hydrogen) atoms. The lowest BCUT2D eigenvalue weighted by molar-refractivity contribution is 0.1000. The van der Waals surface area contributed by atoms with E-state index in [9.17, 15) is 17.6 Å². The molecule has 0 unspecified atom stereocenters. The quantitative estimate of drug-likeness (QED) is 0.867. The lowest BCUT2D eigenvalue weighted by atomic mass is 10.1. The number of sulfonamides is 1. The maximum atomic E-state index is 14.1. The average Bonchev–Trinajstić information content (AvgIpc) is 3.00. The van der Waals surface area contributed by atoms with E-state index < -0.39 is 28.5 Å². The first-order valence-electron chi connectivity index (χ1n) is 6.88. The van der Waals surface area contributed by atoms with Crippen LogP contribution in [-0.4, -0.2) is 28.2 Å². The monoisotopic (exact) mass is 386 g/mol. The van der Waals surface area contributed by atoms with Crippen molar-refractivity contribution in [2.75, 3.05) is 18.1 Å². The van der Waals surface area contributed by atoms with E-state index in [0.29, 0.717) is 0 Å². The van der Waals surface area contributed by atoms with Crippen LogP contribution in [0.15, 0.2) is 35.2 Å². The fourth-order valence-corrected chi connectivity index (χ4v) is 4.15. The fourth-order valence-electron chi connectivity index (χ4n) is 2.41. The number of nitrogens with zero attached hydrogens (tertiary/aromatic N) is 1. The second-order valence-electron chi connectivity index (χ2n) is 5.09. The van der Waals surface area contributed by atoms with Crippen molar-refractivity contribution in [1.82, 2.24) is 0 Å². The van der Waals surface area contributed by atoms with Gasteiger partial charge in [0.05, 0.1) is 7.11 Å². The topological polar surface area (TPSA) is 98.9 Å². The summed E-state index contributed by atoms with van der Waals surface area (Å²) < 4.78 is 51.1. The van der Waals surface area contributed by atoms with Gasteiger partial charge in [0, 0.05) is 10.6 Å². The van der Waals surface area contributed by atoms with Gasteiger partial charge in [-0.25, -0.2) is 17.1 Å². The number of halogens is 2. The molecule has 0 fully saturated rings. The number of fused-ring (bicyclic) bond motifs is 1. The first-order chi connectivity index (χ1) is 11.8. The Morgan fingerprint density at radius 1 is 1.36 bits per heavy atom. The number of hydrogen-bond acceptors (Lipinski definition) is 5. The molecule has 0 radical (unpaired) electrons. The molecule has 0 saturated carbocycles. The molecule has 0 saturated heterocycles. The van der Waals surface area contributed by atoms with Crippen LogP contribution in [-0.2, 0) is 10.0 Å². The Bertz CT molecular complexity index is 980. The molecule has 3 rings (SSSR count). The largest absolute Gasteiger partial charge is 0.495 e. The predicted octanol–water partition coefficient (Wildman–Crippen LogP) is 2.13. The first-order valence-corrected chi connectivity index (χ1v) is 8.70. The molecule has 2 aromatic carbocycles. The molecule has 0 aliphatic carbocycles. The zero-order chi connectivity index (χ0) is 18.4. The Labute approximate surface area is 147 Å². The zero-order valence-corrected chi connectivity index (χ0v) is 14.4. The molecule has 2 N–H and O–H groups in total. The lowest BCUT2D eigenvalue weighted by Gasteiger charge is -2.19. The highest BCUT2D eigenvalue weighted by molar-refractivity contribution is 7.93. The number of anilines is 1. The van der Waals surface area contributed by atoms with Crippen molar-refractivity contribution in [2.45, 2.75) is 4.90 Å². The molecule has 0 bridgehead atoms. The summed E-state index contributed by atoms with van der Waals surface area (Å²) >= 11 is 5.89. The van der Waals surface area contributed by atoms with Gasteiger partial charge in [-0.1, -0.05) is 11.6 Å². The van der Waals surface area contributed by atoms with Crippen molar-refractivity contribution in [1.29, 1.82) is 0 Å². The molecule has 0 aromatic heterocycles. The number of hydrogen-bond donors (Lipinski definition) is 1. The molecule has 7 nitrogen and oxygen atoms in total. The molecular weight excluding hydrogens is 375 g/mol. The fraction of sp³-hybridized carbons (Fsp3) is 0.133. The van der Waals surface area contributed by atoms with Crippen LogP contribution in [0.2, 0.25) is 5.02 Å². The Kier molecular flexibility index (Phi) is 4.21. The maximum Gasteiger partial charge on any atom is 0.270 e. The van der Waals surface area contributed by atoms with Gasteiger partial charge in [0.25, 0.3) is 10.0 Å². The van der Waals surface area contributed by atoms with E-state index in [1.54, 1.807) is 0 Å². The zero-order valence-electron chi connectivity index (χ0n) is 12.8. The van der Waals surface area contributed by atoms with E-state index in [1.807, 2.05) is 0 Å². The van der Waals surface area contributed by atoms with Gasteiger partial charge in [-0.2, -0.15) is 0 Å². The first kappa shape index (κ1) is 17.3. The Morgan fingerprint density at radius 3 is 2.72 bits per heavy atom. The number of carbonyl (C=O) groups excluding carboxylic acids is 1. The predicted molar refractivity (Wildman–Crippen MR) is 88.1 cm³/mol. The minimum absolute atomic E-state index is 0.0596. The van der Waals surface area contributed by atoms with Crippen LogP contribution in [0.5, 0.6) is 11.5 Å². The summed E-state index contributed by atoms with van der Waals surface area (Å²) in [6.45, 7) is -0.466. The highest BCUT2D eigenvalue weighted by atomic mass is 35.5. The van der Waals surface area contributed by atoms with Crippen LogP contribution in [0.3, 0.4) is 0 Å². The van der Waals surface area contributed by atoms with Crippen LogP contribution < -0.4 is 19.5 Å². The van der Waals surface area contributed by atoms with E-state index in [4.69, 9.17) is 26.8 Å². The summed E-state index contributed by atoms with van der Waals surface area (Å²) in [5, 5.41) is 0.178. The Hall–Kier alpha value is -2.52. The summed E-state index contributed by atoms with van der Waals surface area (Å²) in [4.78, 5) is 11.1. The number of rotatable bonds is 4. The van der Waals surface area contributed by atoms with Crippen molar-refractivity contribution in [3.05, 3.63) is 46.7 Å². The summed E-state index contributed by atoms with van der Waals surface area (Å²) in [6, 6.07) is 6.12. The number of ether oxygens (including phenoxy) is 2. The van der Waals surface area contributed by atoms with Crippen molar-refractivity contribution >= 4 is 33.2 Å². The number of carbonyl (C=O) groups is 1. The van der Waals surface area contributed by atoms with Crippen LogP contribution in [0.4, 0.5) is 10.1 Å². The number of primary amides is 1. The lowest BCUT2D eigenvalue weighted by Crippen LogP contribution is -2.30. The highest BCUT2D eigenvalue weighted by Crippen LogP contribution is 2.42. The van der Waals surface area contributed by atoms with E-state index in [2.05, 4.69) is 0 Å². The van der Waals surface area contributed by atoms with Gasteiger partial charge in [0.1, 0.15) is 16.3 Å². The summed E-state index contributed by atoms with van der Waals surface area (Å²) in [7, 11) is -2.89. The molecular formula is C15H12ClFN2O5S. The Morgan fingerprint density at radius 2 is 2.08 bits per heavy atom. The van der Waals surface area contributed by atoms with Crippen molar-refractivity contribution in [2.24, 2.45) is 5.73 Å². The minimum atomic E-state index is -4.20. The summed E-state index contributed by atoms with van der Waals surface area (Å²) in [5.74, 6) is -2.01. The Balaban J connectivity index is 2.17. The summed E-state index contributed by atoms with van der Waals surface area (Å²) in [5.41, 5.74) is 4.85. The molecule has 1 amide bonds. The molecule has 10 heteroatoms. The van der Waals surface area contributed by atoms with E-state index in [0.717, 1.165) is 16.4 Å². The molecule has 132 valence electrons. The third-order valence-corrected chi connectivity index (χ3v) is 5.59. The summed E-state index contributed by atoms with van der Waals surface area (Å²) in [6.07, 6.45) is 0. The smallest absolute Gasteiger partial charge is 0.270 e. The SMILES string of the molecule is COc1ccc(Cl)cc1S(=O)(=O)N1COc2c(F)cc(C(N)=O)cc21. The van der Waals surface area contributed by atoms with Crippen molar-refractivity contribution < 1.29 is 27.1 Å². The number of amides is 1.